The van der Waals surface area contributed by atoms with Crippen molar-refractivity contribution < 1.29 is 23.9 Å². The van der Waals surface area contributed by atoms with Crippen LogP contribution < -0.4 is 11.1 Å². The van der Waals surface area contributed by atoms with Gasteiger partial charge in [-0.05, 0) is 12.1 Å². The molecule has 0 saturated heterocycles. The highest BCUT2D eigenvalue weighted by Gasteiger charge is 2.14. The molecule has 19 heavy (non-hydrogen) atoms. The molecule has 102 valence electrons. The number of nitrogens with one attached hydrogen (secondary N) is 1. The summed E-state index contributed by atoms with van der Waals surface area (Å²) in [5.41, 5.74) is 6.23. The molecule has 0 aliphatic heterocycles. The van der Waals surface area contributed by atoms with E-state index in [1.165, 1.54) is 26.2 Å². The Morgan fingerprint density at radius 1 is 1.32 bits per heavy atom. The van der Waals surface area contributed by atoms with Gasteiger partial charge in [-0.3, -0.25) is 9.59 Å². The van der Waals surface area contributed by atoms with Gasteiger partial charge in [0.2, 0.25) is 0 Å². The smallest absolute Gasteiger partial charge is 0.340 e. The topological polar surface area (TPSA) is 108 Å². The van der Waals surface area contributed by atoms with E-state index >= 15 is 0 Å². The predicted molar refractivity (Wildman–Crippen MR) is 67.5 cm³/mol. The van der Waals surface area contributed by atoms with Gasteiger partial charge < -0.3 is 20.5 Å². The fourth-order valence-electron chi connectivity index (χ4n) is 1.32. The third-order valence-corrected chi connectivity index (χ3v) is 2.19. The Morgan fingerprint density at radius 3 is 2.58 bits per heavy atom. The van der Waals surface area contributed by atoms with Crippen molar-refractivity contribution in [2.75, 3.05) is 24.8 Å². The van der Waals surface area contributed by atoms with E-state index in [1.807, 2.05) is 0 Å². The number of anilines is 2. The average molecular weight is 266 g/mol. The van der Waals surface area contributed by atoms with E-state index in [9.17, 15) is 14.4 Å². The second-order valence-electron chi connectivity index (χ2n) is 3.59. The van der Waals surface area contributed by atoms with Crippen molar-refractivity contribution in [1.82, 2.24) is 0 Å². The molecule has 0 atom stereocenters. The second kappa shape index (κ2) is 6.39. The van der Waals surface area contributed by atoms with E-state index in [0.29, 0.717) is 0 Å². The lowest BCUT2D eigenvalue weighted by atomic mass is 10.1. The van der Waals surface area contributed by atoms with E-state index in [1.54, 1.807) is 6.07 Å². The highest BCUT2D eigenvalue weighted by atomic mass is 16.5. The molecule has 1 amide bonds. The fraction of sp³-hybridized carbons (Fsp3) is 0.250. The van der Waals surface area contributed by atoms with Crippen LogP contribution in [0.3, 0.4) is 0 Å². The molecular formula is C12H14N2O5. The molecule has 0 saturated carbocycles. The van der Waals surface area contributed by atoms with Gasteiger partial charge in [0, 0.05) is 6.92 Å². The van der Waals surface area contributed by atoms with Crippen molar-refractivity contribution in [3.8, 4) is 0 Å². The van der Waals surface area contributed by atoms with Crippen LogP contribution in [0.4, 0.5) is 11.4 Å². The summed E-state index contributed by atoms with van der Waals surface area (Å²) in [6.07, 6.45) is 0. The maximum absolute atomic E-state index is 11.5. The van der Waals surface area contributed by atoms with E-state index in [0.717, 1.165) is 0 Å². The van der Waals surface area contributed by atoms with Gasteiger partial charge in [0.15, 0.2) is 6.61 Å². The number of hydrogen-bond donors (Lipinski definition) is 2. The minimum absolute atomic E-state index is 0.0884. The van der Waals surface area contributed by atoms with Crippen molar-refractivity contribution in [3.05, 3.63) is 23.8 Å². The number of ether oxygens (including phenoxy) is 2. The van der Waals surface area contributed by atoms with Crippen LogP contribution >= 0.6 is 0 Å². The summed E-state index contributed by atoms with van der Waals surface area (Å²) in [7, 11) is 1.23. The summed E-state index contributed by atoms with van der Waals surface area (Å²) in [5.74, 6) is -1.72. The lowest BCUT2D eigenvalue weighted by Crippen LogP contribution is -2.21. The summed E-state index contributed by atoms with van der Waals surface area (Å²) in [6, 6.07) is 4.54. The molecule has 0 spiro atoms. The molecule has 1 rings (SSSR count). The first kappa shape index (κ1) is 14.5. The first-order valence-corrected chi connectivity index (χ1v) is 5.35. The Kier molecular flexibility index (Phi) is 4.87. The van der Waals surface area contributed by atoms with Crippen molar-refractivity contribution >= 4 is 29.2 Å². The molecule has 0 fully saturated rings. The average Bonchev–Trinajstić information content (AvgIpc) is 2.38. The quantitative estimate of drug-likeness (QED) is 0.609. The molecule has 7 nitrogen and oxygen atoms in total. The van der Waals surface area contributed by atoms with Crippen LogP contribution in [-0.4, -0.2) is 31.6 Å². The maximum atomic E-state index is 11.5. The first-order chi connectivity index (χ1) is 8.95. The van der Waals surface area contributed by atoms with Crippen LogP contribution in [0, 0.1) is 0 Å². The Labute approximate surface area is 109 Å². The Hall–Kier alpha value is -2.57. The highest BCUT2D eigenvalue weighted by Crippen LogP contribution is 2.23. The van der Waals surface area contributed by atoms with Crippen molar-refractivity contribution in [1.29, 1.82) is 0 Å². The first-order valence-electron chi connectivity index (χ1n) is 5.35. The molecule has 7 heteroatoms. The molecular weight excluding hydrogens is 252 g/mol. The number of hydrogen-bond acceptors (Lipinski definition) is 6. The van der Waals surface area contributed by atoms with Crippen LogP contribution in [0.2, 0.25) is 0 Å². The number of rotatable bonds is 4. The van der Waals surface area contributed by atoms with Crippen LogP contribution in [0.15, 0.2) is 18.2 Å². The number of nitrogen functional groups attached to an aromatic ring is 1. The normalized spacial score (nSPS) is 9.58. The van der Waals surface area contributed by atoms with Gasteiger partial charge in [-0.2, -0.15) is 0 Å². The summed E-state index contributed by atoms with van der Waals surface area (Å²) in [4.78, 5) is 33.4. The minimum atomic E-state index is -0.603. The Balaban J connectivity index is 2.82. The van der Waals surface area contributed by atoms with Crippen LogP contribution in [0.25, 0.3) is 0 Å². The maximum Gasteiger partial charge on any atom is 0.340 e. The molecule has 1 aromatic carbocycles. The van der Waals surface area contributed by atoms with Gasteiger partial charge in [0.1, 0.15) is 0 Å². The molecule has 0 unspecified atom stereocenters. The van der Waals surface area contributed by atoms with Crippen molar-refractivity contribution in [2.24, 2.45) is 0 Å². The Morgan fingerprint density at radius 2 is 2.00 bits per heavy atom. The molecule has 1 aromatic rings. The minimum Gasteiger partial charge on any atom is -0.465 e. The monoisotopic (exact) mass is 266 g/mol. The number of amides is 1. The number of carbonyl (C=O) groups is 3. The number of nitrogens with two attached hydrogens (primary N) is 1. The molecule has 3 N–H and O–H groups in total. The number of carbonyl (C=O) groups excluding carboxylic acids is 3. The molecule has 0 aromatic heterocycles. The van der Waals surface area contributed by atoms with E-state index in [4.69, 9.17) is 5.73 Å². The molecule has 0 bridgehead atoms. The third kappa shape index (κ3) is 3.98. The summed E-state index contributed by atoms with van der Waals surface area (Å²) >= 11 is 0. The van der Waals surface area contributed by atoms with Gasteiger partial charge in [0.25, 0.3) is 5.91 Å². The van der Waals surface area contributed by atoms with E-state index in [2.05, 4.69) is 14.8 Å². The van der Waals surface area contributed by atoms with Gasteiger partial charge >= 0.3 is 11.9 Å². The zero-order chi connectivity index (χ0) is 14.4. The number of esters is 2. The summed E-state index contributed by atoms with van der Waals surface area (Å²) in [5, 5.41) is 2.44. The highest BCUT2D eigenvalue weighted by molar-refractivity contribution is 6.02. The van der Waals surface area contributed by atoms with Gasteiger partial charge in [0.05, 0.1) is 24.0 Å². The molecule has 0 aliphatic rings. The van der Waals surface area contributed by atoms with E-state index in [-0.39, 0.29) is 16.9 Å². The lowest BCUT2D eigenvalue weighted by molar-refractivity contribution is -0.144. The zero-order valence-corrected chi connectivity index (χ0v) is 10.6. The van der Waals surface area contributed by atoms with Gasteiger partial charge in [-0.15, -0.1) is 0 Å². The number of para-hydroxylation sites is 1. The lowest BCUT2D eigenvalue weighted by Gasteiger charge is -2.10. The third-order valence-electron chi connectivity index (χ3n) is 2.19. The fourth-order valence-corrected chi connectivity index (χ4v) is 1.32. The standard InChI is InChI=1S/C12H14N2O5/c1-7(15)19-6-10(16)14-9-5-3-4-8(11(9)13)12(17)18-2/h3-5H,6,13H2,1-2H3,(H,14,16). The zero-order valence-electron chi connectivity index (χ0n) is 10.6. The SMILES string of the molecule is COC(=O)c1cccc(NC(=O)COC(C)=O)c1N. The van der Waals surface area contributed by atoms with Gasteiger partial charge in [-0.1, -0.05) is 6.07 Å². The summed E-state index contributed by atoms with van der Waals surface area (Å²) in [6.45, 7) is 0.775. The molecule has 0 radical (unpaired) electrons. The van der Waals surface area contributed by atoms with Crippen molar-refractivity contribution in [2.45, 2.75) is 6.92 Å². The van der Waals surface area contributed by atoms with E-state index < -0.39 is 24.5 Å². The molecule has 0 aliphatic carbocycles. The second-order valence-corrected chi connectivity index (χ2v) is 3.59. The van der Waals surface area contributed by atoms with Crippen molar-refractivity contribution in [3.63, 3.8) is 0 Å². The largest absolute Gasteiger partial charge is 0.465 e. The Bertz CT molecular complexity index is 513. The van der Waals surface area contributed by atoms with Gasteiger partial charge in [-0.25, -0.2) is 4.79 Å². The van der Waals surface area contributed by atoms with Crippen LogP contribution in [0.1, 0.15) is 17.3 Å². The number of methoxy groups -OCH3 is 1. The summed E-state index contributed by atoms with van der Waals surface area (Å²) < 4.78 is 9.09. The molecule has 0 heterocycles. The number of benzene rings is 1. The van der Waals surface area contributed by atoms with Crippen LogP contribution in [-0.2, 0) is 19.1 Å². The van der Waals surface area contributed by atoms with Crippen LogP contribution in [0.5, 0.6) is 0 Å². The predicted octanol–water partition coefficient (Wildman–Crippen LogP) is 0.557.